The highest BCUT2D eigenvalue weighted by molar-refractivity contribution is 5.96. The summed E-state index contributed by atoms with van der Waals surface area (Å²) in [5, 5.41) is 3.64. The molecule has 5 rings (SSSR count). The summed E-state index contributed by atoms with van der Waals surface area (Å²) in [6.45, 7) is 0. The number of halogens is 1. The van der Waals surface area contributed by atoms with Gasteiger partial charge in [-0.2, -0.15) is 0 Å². The first kappa shape index (κ1) is 16.2. The standard InChI is InChI=1S/C20H19FN4O2/c1-25-16(13-3-2-6-22-20(13)27-12-4-5-12)7-11-8-18(23-10-17(11)25)24-19(26)14-9-15(14)21/h2-3,6-8,10,12,14-15H,4-5,9H2,1H3,(H,23,24,26). The molecule has 27 heavy (non-hydrogen) atoms. The monoisotopic (exact) mass is 366 g/mol. The maximum Gasteiger partial charge on any atom is 0.231 e. The predicted octanol–water partition coefficient (Wildman–Crippen LogP) is 3.47. The molecule has 2 unspecified atom stereocenters. The van der Waals surface area contributed by atoms with Gasteiger partial charge in [-0.05, 0) is 43.5 Å². The van der Waals surface area contributed by atoms with Crippen molar-refractivity contribution in [3.05, 3.63) is 36.7 Å². The van der Waals surface area contributed by atoms with Crippen LogP contribution in [0, 0.1) is 5.92 Å². The molecule has 0 spiro atoms. The van der Waals surface area contributed by atoms with Gasteiger partial charge < -0.3 is 14.6 Å². The molecule has 0 aliphatic heterocycles. The van der Waals surface area contributed by atoms with Gasteiger partial charge >= 0.3 is 0 Å². The fraction of sp³-hybridized carbons (Fsp3) is 0.350. The molecule has 1 N–H and O–H groups in total. The van der Waals surface area contributed by atoms with Crippen LogP contribution in [0.5, 0.6) is 5.88 Å². The Hall–Kier alpha value is -2.96. The Labute approximate surface area is 155 Å². The van der Waals surface area contributed by atoms with Gasteiger partial charge in [0.1, 0.15) is 18.1 Å². The van der Waals surface area contributed by atoms with Crippen LogP contribution < -0.4 is 10.1 Å². The van der Waals surface area contributed by atoms with Crippen molar-refractivity contribution in [1.29, 1.82) is 0 Å². The van der Waals surface area contributed by atoms with Crippen LogP contribution in [-0.2, 0) is 11.8 Å². The Morgan fingerprint density at radius 2 is 2.15 bits per heavy atom. The Balaban J connectivity index is 1.49. The molecule has 3 aromatic heterocycles. The van der Waals surface area contributed by atoms with Crippen LogP contribution in [0.15, 0.2) is 36.7 Å². The molecule has 3 heterocycles. The molecule has 0 aromatic carbocycles. The fourth-order valence-corrected chi connectivity index (χ4v) is 3.24. The van der Waals surface area contributed by atoms with Crippen molar-refractivity contribution < 1.29 is 13.9 Å². The van der Waals surface area contributed by atoms with Crippen molar-refractivity contribution in [1.82, 2.24) is 14.5 Å². The number of amides is 1. The SMILES string of the molecule is Cn1c(-c2cccnc2OC2CC2)cc2cc(NC(=O)C3CC3F)ncc21. The van der Waals surface area contributed by atoms with Gasteiger partial charge in [0.2, 0.25) is 11.8 Å². The van der Waals surface area contributed by atoms with E-state index in [0.29, 0.717) is 18.1 Å². The van der Waals surface area contributed by atoms with E-state index in [2.05, 4.69) is 15.3 Å². The number of fused-ring (bicyclic) bond motifs is 1. The molecule has 0 saturated heterocycles. The van der Waals surface area contributed by atoms with E-state index in [1.54, 1.807) is 12.4 Å². The van der Waals surface area contributed by atoms with E-state index in [1.807, 2.05) is 35.9 Å². The van der Waals surface area contributed by atoms with Gasteiger partial charge in [-0.15, -0.1) is 0 Å². The van der Waals surface area contributed by atoms with E-state index in [4.69, 9.17) is 4.74 Å². The zero-order chi connectivity index (χ0) is 18.5. The second-order valence-corrected chi connectivity index (χ2v) is 7.24. The predicted molar refractivity (Wildman–Crippen MR) is 99.2 cm³/mol. The maximum absolute atomic E-state index is 13.1. The normalized spacial score (nSPS) is 21.3. The van der Waals surface area contributed by atoms with Crippen LogP contribution in [0.3, 0.4) is 0 Å². The molecule has 2 aliphatic rings. The first-order valence-corrected chi connectivity index (χ1v) is 9.12. The third-order valence-electron chi connectivity index (χ3n) is 5.08. The lowest BCUT2D eigenvalue weighted by molar-refractivity contribution is -0.117. The topological polar surface area (TPSA) is 69.0 Å². The molecule has 0 bridgehead atoms. The molecular weight excluding hydrogens is 347 g/mol. The molecule has 2 aliphatic carbocycles. The van der Waals surface area contributed by atoms with Gasteiger partial charge in [-0.25, -0.2) is 14.4 Å². The number of hydrogen-bond donors (Lipinski definition) is 1. The lowest BCUT2D eigenvalue weighted by Crippen LogP contribution is -2.15. The van der Waals surface area contributed by atoms with Crippen molar-refractivity contribution >= 4 is 22.6 Å². The lowest BCUT2D eigenvalue weighted by atomic mass is 10.2. The van der Waals surface area contributed by atoms with Crippen molar-refractivity contribution in [3.8, 4) is 17.1 Å². The Morgan fingerprint density at radius 3 is 2.89 bits per heavy atom. The van der Waals surface area contributed by atoms with Crippen molar-refractivity contribution in [2.24, 2.45) is 13.0 Å². The number of carbonyl (C=O) groups is 1. The molecule has 6 nitrogen and oxygen atoms in total. The number of alkyl halides is 1. The summed E-state index contributed by atoms with van der Waals surface area (Å²) in [7, 11) is 1.96. The number of aromatic nitrogens is 3. The minimum absolute atomic E-state index is 0.263. The number of pyridine rings is 2. The number of rotatable bonds is 5. The van der Waals surface area contributed by atoms with Gasteiger partial charge in [-0.1, -0.05) is 0 Å². The molecule has 0 radical (unpaired) electrons. The summed E-state index contributed by atoms with van der Waals surface area (Å²) >= 11 is 0. The number of nitrogens with one attached hydrogen (secondary N) is 1. The molecule has 2 fully saturated rings. The van der Waals surface area contributed by atoms with Gasteiger partial charge in [0.15, 0.2) is 0 Å². The quantitative estimate of drug-likeness (QED) is 0.751. The van der Waals surface area contributed by atoms with Gasteiger partial charge in [0, 0.05) is 18.6 Å². The summed E-state index contributed by atoms with van der Waals surface area (Å²) < 4.78 is 21.0. The Bertz CT molecular complexity index is 1040. The smallest absolute Gasteiger partial charge is 0.231 e. The molecule has 3 aromatic rings. The van der Waals surface area contributed by atoms with Crippen LogP contribution in [-0.4, -0.2) is 32.7 Å². The summed E-state index contributed by atoms with van der Waals surface area (Å²) in [5.74, 6) is 0.226. The van der Waals surface area contributed by atoms with Gasteiger partial charge in [-0.3, -0.25) is 4.79 Å². The average molecular weight is 366 g/mol. The van der Waals surface area contributed by atoms with Crippen molar-refractivity contribution in [2.75, 3.05) is 5.32 Å². The molecule has 1 amide bonds. The second-order valence-electron chi connectivity index (χ2n) is 7.24. The molecule has 138 valence electrons. The first-order valence-electron chi connectivity index (χ1n) is 9.12. The summed E-state index contributed by atoms with van der Waals surface area (Å²) in [6, 6.07) is 7.71. The number of aryl methyl sites for hydroxylation is 1. The largest absolute Gasteiger partial charge is 0.474 e. The average Bonchev–Trinajstić information content (AvgIpc) is 3.57. The van der Waals surface area contributed by atoms with E-state index in [9.17, 15) is 9.18 Å². The zero-order valence-electron chi connectivity index (χ0n) is 14.9. The summed E-state index contributed by atoms with van der Waals surface area (Å²) in [6.07, 6.45) is 5.12. The molecular formula is C20H19FN4O2. The minimum Gasteiger partial charge on any atom is -0.474 e. The van der Waals surface area contributed by atoms with E-state index in [-0.39, 0.29) is 12.0 Å². The summed E-state index contributed by atoms with van der Waals surface area (Å²) in [5.41, 5.74) is 2.82. The van der Waals surface area contributed by atoms with Crippen LogP contribution >= 0.6 is 0 Å². The number of carbonyl (C=O) groups excluding carboxylic acids is 1. The van der Waals surface area contributed by atoms with E-state index >= 15 is 0 Å². The van der Waals surface area contributed by atoms with Gasteiger partial charge in [0.25, 0.3) is 0 Å². The lowest BCUT2D eigenvalue weighted by Gasteiger charge is -2.10. The van der Waals surface area contributed by atoms with Crippen molar-refractivity contribution in [2.45, 2.75) is 31.5 Å². The highest BCUT2D eigenvalue weighted by Crippen LogP contribution is 2.37. The Kier molecular flexibility index (Phi) is 3.63. The van der Waals surface area contributed by atoms with E-state index in [1.165, 1.54) is 0 Å². The molecule has 2 atom stereocenters. The molecule has 7 heteroatoms. The fourth-order valence-electron chi connectivity index (χ4n) is 3.24. The number of hydrogen-bond acceptors (Lipinski definition) is 4. The van der Waals surface area contributed by atoms with E-state index < -0.39 is 12.1 Å². The van der Waals surface area contributed by atoms with E-state index in [0.717, 1.165) is 35.0 Å². The molecule has 2 saturated carbocycles. The zero-order valence-corrected chi connectivity index (χ0v) is 14.9. The highest BCUT2D eigenvalue weighted by Gasteiger charge is 2.43. The van der Waals surface area contributed by atoms with Crippen LogP contribution in [0.25, 0.3) is 22.2 Å². The first-order chi connectivity index (χ1) is 13.1. The number of nitrogens with zero attached hydrogens (tertiary/aromatic N) is 3. The van der Waals surface area contributed by atoms with Crippen LogP contribution in [0.1, 0.15) is 19.3 Å². The van der Waals surface area contributed by atoms with Crippen LogP contribution in [0.4, 0.5) is 10.2 Å². The number of ether oxygens (including phenoxy) is 1. The second kappa shape index (κ2) is 6.04. The third kappa shape index (κ3) is 3.03. The Morgan fingerprint density at radius 1 is 1.33 bits per heavy atom. The maximum atomic E-state index is 13.1. The summed E-state index contributed by atoms with van der Waals surface area (Å²) in [4.78, 5) is 20.6. The van der Waals surface area contributed by atoms with Gasteiger partial charge in [0.05, 0.1) is 28.9 Å². The third-order valence-corrected chi connectivity index (χ3v) is 5.08. The van der Waals surface area contributed by atoms with Crippen molar-refractivity contribution in [3.63, 3.8) is 0 Å². The minimum atomic E-state index is -1.02. The van der Waals surface area contributed by atoms with Crippen LogP contribution in [0.2, 0.25) is 0 Å². The highest BCUT2D eigenvalue weighted by atomic mass is 19.1. The number of anilines is 1.